The summed E-state index contributed by atoms with van der Waals surface area (Å²) in [5.74, 6) is 1.85. The van der Waals surface area contributed by atoms with Gasteiger partial charge < -0.3 is 19.1 Å². The van der Waals surface area contributed by atoms with E-state index in [1.807, 2.05) is 30.3 Å². The molecule has 1 amide bonds. The monoisotopic (exact) mass is 413 g/mol. The van der Waals surface area contributed by atoms with Crippen LogP contribution >= 0.6 is 22.9 Å². The van der Waals surface area contributed by atoms with E-state index >= 15 is 0 Å². The lowest BCUT2D eigenvalue weighted by Gasteiger charge is -2.22. The molecule has 0 fully saturated rings. The molecule has 0 saturated carbocycles. The van der Waals surface area contributed by atoms with Crippen molar-refractivity contribution >= 4 is 34.5 Å². The van der Waals surface area contributed by atoms with E-state index in [4.69, 9.17) is 25.8 Å². The molecule has 0 aliphatic carbocycles. The number of halogens is 1. The summed E-state index contributed by atoms with van der Waals surface area (Å²) >= 11 is 7.19. The third kappa shape index (κ3) is 2.01. The zero-order valence-corrected chi connectivity index (χ0v) is 15.9. The molecule has 0 saturated heterocycles. The highest BCUT2D eigenvalue weighted by Crippen LogP contribution is 2.55. The minimum atomic E-state index is -0.915. The maximum absolute atomic E-state index is 13.8. The van der Waals surface area contributed by atoms with E-state index in [9.17, 15) is 4.79 Å². The van der Waals surface area contributed by atoms with Crippen LogP contribution in [0.25, 0.3) is 0 Å². The van der Waals surface area contributed by atoms with E-state index in [1.54, 1.807) is 11.0 Å². The van der Waals surface area contributed by atoms with Crippen molar-refractivity contribution in [1.29, 1.82) is 0 Å². The third-order valence-corrected chi connectivity index (χ3v) is 6.38. The molecule has 140 valence electrons. The van der Waals surface area contributed by atoms with Crippen LogP contribution in [0.4, 0.5) is 5.69 Å². The van der Waals surface area contributed by atoms with E-state index in [1.165, 1.54) is 11.3 Å². The van der Waals surface area contributed by atoms with E-state index in [-0.39, 0.29) is 19.3 Å². The highest BCUT2D eigenvalue weighted by Gasteiger charge is 2.57. The predicted molar refractivity (Wildman–Crippen MR) is 101 cm³/mol. The number of ether oxygens (including phenoxy) is 3. The van der Waals surface area contributed by atoms with Gasteiger partial charge in [-0.2, -0.15) is 0 Å². The van der Waals surface area contributed by atoms with Crippen molar-refractivity contribution in [3.05, 3.63) is 57.0 Å². The standard InChI is InChI=1S/C19H12ClN3O4S/c20-18-22-21-16(28-18)7-23-12-4-2-1-3-10(12)19(17(23)24)8-25-13-6-15-14(5-11(13)19)26-9-27-15/h1-6H,7-9H2. The summed E-state index contributed by atoms with van der Waals surface area (Å²) in [7, 11) is 0. The summed E-state index contributed by atoms with van der Waals surface area (Å²) in [6, 6.07) is 11.4. The van der Waals surface area contributed by atoms with Gasteiger partial charge in [-0.05, 0) is 29.3 Å². The second-order valence-corrected chi connectivity index (χ2v) is 8.40. The molecule has 0 bridgehead atoms. The van der Waals surface area contributed by atoms with E-state index in [0.29, 0.717) is 33.3 Å². The smallest absolute Gasteiger partial charge is 0.246 e. The fourth-order valence-corrected chi connectivity index (χ4v) is 5.01. The molecule has 0 N–H and O–H groups in total. The second kappa shape index (κ2) is 5.59. The molecule has 1 aromatic heterocycles. The van der Waals surface area contributed by atoms with Gasteiger partial charge in [0.05, 0.1) is 6.54 Å². The maximum atomic E-state index is 13.8. The van der Waals surface area contributed by atoms with Crippen molar-refractivity contribution in [2.75, 3.05) is 18.3 Å². The van der Waals surface area contributed by atoms with Gasteiger partial charge in [0.1, 0.15) is 22.8 Å². The van der Waals surface area contributed by atoms with Crippen molar-refractivity contribution < 1.29 is 19.0 Å². The Morgan fingerprint density at radius 3 is 2.71 bits per heavy atom. The quantitative estimate of drug-likeness (QED) is 0.642. The maximum Gasteiger partial charge on any atom is 0.246 e. The van der Waals surface area contributed by atoms with Crippen LogP contribution in [0, 0.1) is 0 Å². The number of amides is 1. The Labute approximate surface area is 168 Å². The minimum absolute atomic E-state index is 0.0577. The summed E-state index contributed by atoms with van der Waals surface area (Å²) in [5.41, 5.74) is 1.63. The topological polar surface area (TPSA) is 73.8 Å². The van der Waals surface area contributed by atoms with E-state index in [2.05, 4.69) is 10.2 Å². The molecule has 2 aromatic carbocycles. The Balaban J connectivity index is 1.51. The van der Waals surface area contributed by atoms with Crippen molar-refractivity contribution in [3.8, 4) is 17.2 Å². The highest BCUT2D eigenvalue weighted by atomic mass is 35.5. The Bertz CT molecular complexity index is 1150. The number of benzene rings is 2. The van der Waals surface area contributed by atoms with Gasteiger partial charge in [-0.25, -0.2) is 0 Å². The van der Waals surface area contributed by atoms with Crippen LogP contribution in [0.5, 0.6) is 17.2 Å². The molecule has 6 rings (SSSR count). The number of fused-ring (bicyclic) bond motifs is 5. The normalized spacial score (nSPS) is 21.2. The molecule has 4 heterocycles. The summed E-state index contributed by atoms with van der Waals surface area (Å²) in [4.78, 5) is 15.5. The zero-order valence-electron chi connectivity index (χ0n) is 14.3. The lowest BCUT2D eigenvalue weighted by Crippen LogP contribution is -2.42. The second-order valence-electron chi connectivity index (χ2n) is 6.75. The van der Waals surface area contributed by atoms with Crippen LogP contribution in [0.15, 0.2) is 36.4 Å². The van der Waals surface area contributed by atoms with Gasteiger partial charge in [0.2, 0.25) is 17.2 Å². The molecule has 1 atom stereocenters. The molecule has 3 aliphatic rings. The average Bonchev–Trinajstić information content (AvgIpc) is 3.45. The zero-order chi connectivity index (χ0) is 18.9. The van der Waals surface area contributed by atoms with Gasteiger partial charge in [0.25, 0.3) is 0 Å². The van der Waals surface area contributed by atoms with Crippen molar-refractivity contribution in [3.63, 3.8) is 0 Å². The summed E-state index contributed by atoms with van der Waals surface area (Å²) in [6.07, 6.45) is 0. The first-order valence-electron chi connectivity index (χ1n) is 8.63. The van der Waals surface area contributed by atoms with E-state index in [0.717, 1.165) is 16.8 Å². The first kappa shape index (κ1) is 16.1. The average molecular weight is 414 g/mol. The number of hydrogen-bond donors (Lipinski definition) is 0. The number of anilines is 1. The molecule has 9 heteroatoms. The highest BCUT2D eigenvalue weighted by molar-refractivity contribution is 7.15. The van der Waals surface area contributed by atoms with Crippen molar-refractivity contribution in [2.45, 2.75) is 12.0 Å². The van der Waals surface area contributed by atoms with Crippen molar-refractivity contribution in [1.82, 2.24) is 10.2 Å². The third-order valence-electron chi connectivity index (χ3n) is 5.38. The number of aromatic nitrogens is 2. The first-order chi connectivity index (χ1) is 13.7. The van der Waals surface area contributed by atoms with Crippen LogP contribution in [-0.4, -0.2) is 29.5 Å². The molecule has 1 unspecified atom stereocenters. The number of rotatable bonds is 2. The molecule has 1 spiro atoms. The van der Waals surface area contributed by atoms with Gasteiger partial charge in [-0.15, -0.1) is 10.2 Å². The molecule has 3 aromatic rings. The molecule has 3 aliphatic heterocycles. The Kier molecular flexibility index (Phi) is 3.22. The van der Waals surface area contributed by atoms with Gasteiger partial charge in [-0.3, -0.25) is 4.79 Å². The largest absolute Gasteiger partial charge is 0.491 e. The predicted octanol–water partition coefficient (Wildman–Crippen LogP) is 3.15. The van der Waals surface area contributed by atoms with Crippen molar-refractivity contribution in [2.24, 2.45) is 0 Å². The Hall–Kier alpha value is -2.84. The molecule has 28 heavy (non-hydrogen) atoms. The summed E-state index contributed by atoms with van der Waals surface area (Å²) in [6.45, 7) is 0.704. The number of hydrogen-bond acceptors (Lipinski definition) is 7. The number of carbonyl (C=O) groups is 1. The van der Waals surface area contributed by atoms with Crippen LogP contribution in [0.2, 0.25) is 4.47 Å². The van der Waals surface area contributed by atoms with Gasteiger partial charge in [0, 0.05) is 17.3 Å². The van der Waals surface area contributed by atoms with Crippen LogP contribution < -0.4 is 19.1 Å². The molecular formula is C19H12ClN3O4S. The first-order valence-corrected chi connectivity index (χ1v) is 9.82. The van der Waals surface area contributed by atoms with E-state index < -0.39 is 5.41 Å². The molecular weight excluding hydrogens is 402 g/mol. The minimum Gasteiger partial charge on any atom is -0.491 e. The lowest BCUT2D eigenvalue weighted by molar-refractivity contribution is -0.122. The fraction of sp³-hybridized carbons (Fsp3) is 0.211. The fourth-order valence-electron chi connectivity index (χ4n) is 4.15. The Morgan fingerprint density at radius 2 is 1.89 bits per heavy atom. The number of carbonyl (C=O) groups excluding carboxylic acids is 1. The summed E-state index contributed by atoms with van der Waals surface area (Å²) < 4.78 is 17.3. The van der Waals surface area contributed by atoms with Gasteiger partial charge in [0.15, 0.2) is 11.5 Å². The van der Waals surface area contributed by atoms with Gasteiger partial charge in [-0.1, -0.05) is 29.5 Å². The molecule has 0 radical (unpaired) electrons. The lowest BCUT2D eigenvalue weighted by atomic mass is 9.77. The van der Waals surface area contributed by atoms with Gasteiger partial charge >= 0.3 is 0 Å². The van der Waals surface area contributed by atoms with Crippen LogP contribution in [0.1, 0.15) is 16.1 Å². The summed E-state index contributed by atoms with van der Waals surface area (Å²) in [5, 5.41) is 8.59. The SMILES string of the molecule is O=C1N(Cc2nnc(Cl)s2)c2ccccc2C12COc1cc3c(cc12)OCO3. The van der Waals surface area contributed by atoms with Crippen LogP contribution in [0.3, 0.4) is 0 Å². The number of nitrogens with zero attached hydrogens (tertiary/aromatic N) is 3. The van der Waals surface area contributed by atoms with Crippen LogP contribution in [-0.2, 0) is 16.8 Å². The molecule has 7 nitrogen and oxygen atoms in total. The Morgan fingerprint density at radius 1 is 1.07 bits per heavy atom. The number of para-hydroxylation sites is 1.